The van der Waals surface area contributed by atoms with Gasteiger partial charge in [0.1, 0.15) is 0 Å². The van der Waals surface area contributed by atoms with Gasteiger partial charge in [0.05, 0.1) is 5.75 Å². The monoisotopic (exact) mass is 185 g/mol. The molecule has 0 spiro atoms. The molecule has 0 bridgehead atoms. The molecule has 0 aliphatic rings. The quantitative estimate of drug-likeness (QED) is 0.555. The maximum absolute atomic E-state index is 10.0. The Bertz CT molecular complexity index is 193. The molecule has 0 heterocycles. The summed E-state index contributed by atoms with van der Waals surface area (Å²) in [7, 11) is -3.17. The number of rotatable bonds is 2. The van der Waals surface area contributed by atoms with Crippen molar-refractivity contribution in [3.05, 3.63) is 0 Å². The van der Waals surface area contributed by atoms with Crippen molar-refractivity contribution in [3.8, 4) is 0 Å². The SMILES string of the molecule is CCCS(N)(=O)=O.O=C(O)O. The van der Waals surface area contributed by atoms with Gasteiger partial charge >= 0.3 is 6.16 Å². The number of hydrogen-bond acceptors (Lipinski definition) is 3. The Balaban J connectivity index is 0. The van der Waals surface area contributed by atoms with Crippen LogP contribution in [0.1, 0.15) is 13.3 Å². The Hall–Kier alpha value is -0.820. The van der Waals surface area contributed by atoms with Crippen LogP contribution in [0.5, 0.6) is 0 Å². The van der Waals surface area contributed by atoms with Crippen LogP contribution in [0.3, 0.4) is 0 Å². The van der Waals surface area contributed by atoms with Crippen LogP contribution in [0.4, 0.5) is 4.79 Å². The number of hydrogen-bond donors (Lipinski definition) is 3. The fourth-order valence-electron chi connectivity index (χ4n) is 0.285. The fourth-order valence-corrected chi connectivity index (χ4v) is 0.854. The van der Waals surface area contributed by atoms with Gasteiger partial charge in [0, 0.05) is 0 Å². The van der Waals surface area contributed by atoms with Crippen molar-refractivity contribution in [3.63, 3.8) is 0 Å². The highest BCUT2D eigenvalue weighted by Gasteiger charge is 1.95. The van der Waals surface area contributed by atoms with Gasteiger partial charge in [-0.1, -0.05) is 6.92 Å². The average molecular weight is 185 g/mol. The van der Waals surface area contributed by atoms with Crippen LogP contribution in [-0.4, -0.2) is 30.5 Å². The molecule has 6 nitrogen and oxygen atoms in total. The van der Waals surface area contributed by atoms with Gasteiger partial charge in [0.2, 0.25) is 10.0 Å². The van der Waals surface area contributed by atoms with Gasteiger partial charge in [-0.25, -0.2) is 18.4 Å². The van der Waals surface area contributed by atoms with Crippen LogP contribution in [-0.2, 0) is 10.0 Å². The third-order valence-electron chi connectivity index (χ3n) is 0.489. The molecule has 0 unspecified atom stereocenters. The lowest BCUT2D eigenvalue weighted by Gasteiger charge is -1.87. The van der Waals surface area contributed by atoms with E-state index >= 15 is 0 Å². The second kappa shape index (κ2) is 5.93. The molecule has 0 saturated carbocycles. The minimum Gasteiger partial charge on any atom is -0.450 e. The first kappa shape index (κ1) is 12.8. The Labute approximate surface area is 64.7 Å². The second-order valence-corrected chi connectivity index (χ2v) is 3.38. The van der Waals surface area contributed by atoms with Gasteiger partial charge in [-0.3, -0.25) is 0 Å². The molecule has 4 N–H and O–H groups in total. The molecule has 0 fully saturated rings. The Morgan fingerprint density at radius 3 is 1.73 bits per heavy atom. The van der Waals surface area contributed by atoms with Crippen LogP contribution >= 0.6 is 0 Å². The van der Waals surface area contributed by atoms with E-state index in [0.717, 1.165) is 0 Å². The van der Waals surface area contributed by atoms with Gasteiger partial charge in [0.15, 0.2) is 0 Å². The number of carbonyl (C=O) groups is 1. The molecule has 7 heteroatoms. The molecule has 0 aliphatic carbocycles. The van der Waals surface area contributed by atoms with E-state index in [4.69, 9.17) is 15.0 Å². The first-order chi connectivity index (χ1) is 4.79. The van der Waals surface area contributed by atoms with Crippen molar-refractivity contribution in [1.82, 2.24) is 0 Å². The van der Waals surface area contributed by atoms with E-state index in [1.54, 1.807) is 6.92 Å². The largest absolute Gasteiger partial charge is 0.503 e. The standard InChI is InChI=1S/C3H9NO2S.CH2O3/c1-2-3-7(4,5)6;2-1(3)4/h2-3H2,1H3,(H2,4,5,6);(H2,2,3,4). The molecular formula is C4H11NO5S. The highest BCUT2D eigenvalue weighted by Crippen LogP contribution is 1.79. The summed E-state index contributed by atoms with van der Waals surface area (Å²) in [4.78, 5) is 8.56. The van der Waals surface area contributed by atoms with Gasteiger partial charge < -0.3 is 10.2 Å². The van der Waals surface area contributed by atoms with Gasteiger partial charge in [-0.2, -0.15) is 0 Å². The Morgan fingerprint density at radius 2 is 1.73 bits per heavy atom. The summed E-state index contributed by atoms with van der Waals surface area (Å²) in [6.45, 7) is 1.77. The molecule has 0 saturated heterocycles. The van der Waals surface area contributed by atoms with Crippen LogP contribution in [0, 0.1) is 0 Å². The van der Waals surface area contributed by atoms with Crippen LogP contribution in [0.15, 0.2) is 0 Å². The summed E-state index contributed by atoms with van der Waals surface area (Å²) in [5, 5.41) is 18.6. The highest BCUT2D eigenvalue weighted by atomic mass is 32.2. The minimum absolute atomic E-state index is 0.0903. The molecule has 0 rings (SSSR count). The van der Waals surface area contributed by atoms with E-state index in [1.807, 2.05) is 0 Å². The van der Waals surface area contributed by atoms with Crippen LogP contribution < -0.4 is 5.14 Å². The zero-order valence-electron chi connectivity index (χ0n) is 6.02. The van der Waals surface area contributed by atoms with Crippen LogP contribution in [0.2, 0.25) is 0 Å². The summed E-state index contributed by atoms with van der Waals surface area (Å²) < 4.78 is 20.0. The third kappa shape index (κ3) is 46.8. The topological polar surface area (TPSA) is 118 Å². The van der Waals surface area contributed by atoms with Gasteiger partial charge in [-0.05, 0) is 6.42 Å². The summed E-state index contributed by atoms with van der Waals surface area (Å²) >= 11 is 0. The van der Waals surface area contributed by atoms with E-state index in [0.29, 0.717) is 6.42 Å². The first-order valence-corrected chi connectivity index (χ1v) is 4.43. The molecule has 0 aliphatic heterocycles. The number of primary sulfonamides is 1. The molecule has 68 valence electrons. The summed E-state index contributed by atoms with van der Waals surface area (Å²) in [6, 6.07) is 0. The van der Waals surface area contributed by atoms with Crippen molar-refractivity contribution in [2.75, 3.05) is 5.75 Å². The maximum atomic E-state index is 10.0. The first-order valence-electron chi connectivity index (χ1n) is 2.72. The summed E-state index contributed by atoms with van der Waals surface area (Å²) in [5.41, 5.74) is 0. The van der Waals surface area contributed by atoms with E-state index in [9.17, 15) is 8.42 Å². The van der Waals surface area contributed by atoms with Crippen molar-refractivity contribution in [2.24, 2.45) is 5.14 Å². The van der Waals surface area contributed by atoms with Gasteiger partial charge in [-0.15, -0.1) is 0 Å². The van der Waals surface area contributed by atoms with E-state index in [2.05, 4.69) is 5.14 Å². The summed E-state index contributed by atoms with van der Waals surface area (Å²) in [6.07, 6.45) is -1.24. The lowest BCUT2D eigenvalue weighted by molar-refractivity contribution is 0.137. The average Bonchev–Trinajstić information content (AvgIpc) is 1.58. The van der Waals surface area contributed by atoms with Crippen molar-refractivity contribution in [2.45, 2.75) is 13.3 Å². The van der Waals surface area contributed by atoms with E-state index < -0.39 is 16.2 Å². The molecule has 11 heavy (non-hydrogen) atoms. The van der Waals surface area contributed by atoms with Crippen LogP contribution in [0.25, 0.3) is 0 Å². The van der Waals surface area contributed by atoms with Gasteiger partial charge in [0.25, 0.3) is 0 Å². The fraction of sp³-hybridized carbons (Fsp3) is 0.750. The second-order valence-electron chi connectivity index (χ2n) is 1.65. The lowest BCUT2D eigenvalue weighted by atomic mass is 10.6. The zero-order chi connectivity index (χ0) is 9.49. The predicted molar refractivity (Wildman–Crippen MR) is 38.9 cm³/mol. The normalized spacial score (nSPS) is 9.64. The Kier molecular flexibility index (Phi) is 6.91. The number of carboxylic acid groups (broad SMARTS) is 2. The minimum atomic E-state index is -3.17. The van der Waals surface area contributed by atoms with Crippen molar-refractivity contribution < 1.29 is 23.4 Å². The van der Waals surface area contributed by atoms with E-state index in [1.165, 1.54) is 0 Å². The molecule has 0 aromatic heterocycles. The molecule has 0 radical (unpaired) electrons. The molecular weight excluding hydrogens is 174 g/mol. The van der Waals surface area contributed by atoms with E-state index in [-0.39, 0.29) is 5.75 Å². The highest BCUT2D eigenvalue weighted by molar-refractivity contribution is 7.89. The zero-order valence-corrected chi connectivity index (χ0v) is 6.84. The predicted octanol–water partition coefficient (Wildman–Crippen LogP) is -0.0927. The number of sulfonamides is 1. The lowest BCUT2D eigenvalue weighted by Crippen LogP contribution is -2.15. The smallest absolute Gasteiger partial charge is 0.450 e. The third-order valence-corrected chi connectivity index (χ3v) is 1.47. The Morgan fingerprint density at radius 1 is 1.45 bits per heavy atom. The number of nitrogens with two attached hydrogens (primary N) is 1. The molecule has 0 aromatic carbocycles. The van der Waals surface area contributed by atoms with Crippen molar-refractivity contribution in [1.29, 1.82) is 0 Å². The summed E-state index contributed by atoms with van der Waals surface area (Å²) in [5.74, 6) is 0.0903. The molecule has 0 aromatic rings. The molecule has 0 amide bonds. The van der Waals surface area contributed by atoms with Crippen molar-refractivity contribution >= 4 is 16.2 Å². The molecule has 0 atom stereocenters. The maximum Gasteiger partial charge on any atom is 0.503 e.